The maximum absolute atomic E-state index is 9.23. The van der Waals surface area contributed by atoms with Crippen molar-refractivity contribution in [2.24, 2.45) is 0 Å². The third-order valence-electron chi connectivity index (χ3n) is 4.13. The number of aromatic nitrogens is 4. The van der Waals surface area contributed by atoms with Crippen molar-refractivity contribution in [1.29, 1.82) is 0 Å². The van der Waals surface area contributed by atoms with Gasteiger partial charge < -0.3 is 9.84 Å². The lowest BCUT2D eigenvalue weighted by atomic mass is 10.2. The van der Waals surface area contributed by atoms with Crippen LogP contribution in [-0.4, -0.2) is 37.6 Å². The molecule has 124 valence electrons. The molecule has 7 heteroatoms. The van der Waals surface area contributed by atoms with E-state index in [1.165, 1.54) is 5.56 Å². The van der Waals surface area contributed by atoms with Crippen molar-refractivity contribution in [1.82, 2.24) is 19.7 Å². The molecule has 1 saturated heterocycles. The van der Waals surface area contributed by atoms with Crippen molar-refractivity contribution in [2.75, 3.05) is 6.61 Å². The summed E-state index contributed by atoms with van der Waals surface area (Å²) < 4.78 is 7.62. The van der Waals surface area contributed by atoms with Crippen LogP contribution in [0.2, 0.25) is 0 Å². The summed E-state index contributed by atoms with van der Waals surface area (Å²) >= 11 is 1.68. The Morgan fingerprint density at radius 2 is 2.08 bits per heavy atom. The molecule has 4 rings (SSSR count). The van der Waals surface area contributed by atoms with Crippen LogP contribution < -0.4 is 0 Å². The normalized spacial score (nSPS) is 20.7. The van der Waals surface area contributed by atoms with Gasteiger partial charge in [-0.2, -0.15) is 5.10 Å². The van der Waals surface area contributed by atoms with E-state index in [0.29, 0.717) is 0 Å². The van der Waals surface area contributed by atoms with E-state index in [1.807, 2.05) is 18.2 Å². The van der Waals surface area contributed by atoms with Crippen molar-refractivity contribution in [2.45, 2.75) is 36.0 Å². The topological polar surface area (TPSA) is 73.1 Å². The van der Waals surface area contributed by atoms with Gasteiger partial charge in [0.05, 0.1) is 24.3 Å². The lowest BCUT2D eigenvalue weighted by molar-refractivity contribution is -0.0262. The van der Waals surface area contributed by atoms with Crippen molar-refractivity contribution in [3.8, 4) is 0 Å². The van der Waals surface area contributed by atoms with Crippen LogP contribution in [0.25, 0.3) is 11.0 Å². The first-order valence-electron chi connectivity index (χ1n) is 7.96. The number of nitrogens with zero attached hydrogens (tertiary/aromatic N) is 4. The second kappa shape index (κ2) is 6.88. The van der Waals surface area contributed by atoms with Crippen LogP contribution in [0.15, 0.2) is 47.9 Å². The Labute approximate surface area is 143 Å². The number of ether oxygens (including phenoxy) is 1. The number of hydrogen-bond acceptors (Lipinski definition) is 6. The molecule has 2 unspecified atom stereocenters. The van der Waals surface area contributed by atoms with E-state index in [0.717, 1.165) is 34.7 Å². The summed E-state index contributed by atoms with van der Waals surface area (Å²) in [7, 11) is 0. The SMILES string of the molecule is OCC1CCC(n2ncc3c(SCc4ccccc4)ncnc32)O1. The molecule has 1 aromatic carbocycles. The number of aliphatic hydroxyl groups excluding tert-OH is 1. The predicted octanol–water partition coefficient (Wildman–Crippen LogP) is 2.79. The molecular formula is C17H18N4O2S. The Morgan fingerprint density at radius 1 is 1.21 bits per heavy atom. The summed E-state index contributed by atoms with van der Waals surface area (Å²) in [6.07, 6.45) is 4.77. The van der Waals surface area contributed by atoms with Gasteiger partial charge in [0.1, 0.15) is 11.4 Å². The molecule has 6 nitrogen and oxygen atoms in total. The van der Waals surface area contributed by atoms with E-state index in [4.69, 9.17) is 4.74 Å². The fourth-order valence-corrected chi connectivity index (χ4v) is 3.81. The summed E-state index contributed by atoms with van der Waals surface area (Å²) in [5.41, 5.74) is 2.04. The molecule has 2 atom stereocenters. The molecule has 1 aliphatic rings. The van der Waals surface area contributed by atoms with E-state index < -0.39 is 0 Å². The summed E-state index contributed by atoms with van der Waals surface area (Å²) in [5, 5.41) is 15.6. The molecule has 0 saturated carbocycles. The monoisotopic (exact) mass is 342 g/mol. The van der Waals surface area contributed by atoms with Gasteiger partial charge in [0.2, 0.25) is 0 Å². The van der Waals surface area contributed by atoms with Crippen LogP contribution in [0.3, 0.4) is 0 Å². The highest BCUT2D eigenvalue weighted by atomic mass is 32.2. The average Bonchev–Trinajstić information content (AvgIpc) is 3.27. The van der Waals surface area contributed by atoms with Gasteiger partial charge in [-0.25, -0.2) is 14.6 Å². The summed E-state index contributed by atoms with van der Waals surface area (Å²) in [6, 6.07) is 10.3. The fourth-order valence-electron chi connectivity index (χ4n) is 2.89. The first-order valence-corrected chi connectivity index (χ1v) is 8.95. The van der Waals surface area contributed by atoms with Gasteiger partial charge in [-0.1, -0.05) is 30.3 Å². The largest absolute Gasteiger partial charge is 0.394 e. The predicted molar refractivity (Wildman–Crippen MR) is 91.6 cm³/mol. The van der Waals surface area contributed by atoms with Crippen molar-refractivity contribution < 1.29 is 9.84 Å². The van der Waals surface area contributed by atoms with Crippen molar-refractivity contribution >= 4 is 22.8 Å². The van der Waals surface area contributed by atoms with Gasteiger partial charge in [-0.05, 0) is 18.4 Å². The van der Waals surface area contributed by atoms with E-state index in [9.17, 15) is 5.11 Å². The Hall–Kier alpha value is -1.96. The van der Waals surface area contributed by atoms with Crippen LogP contribution in [0, 0.1) is 0 Å². The van der Waals surface area contributed by atoms with Crippen LogP contribution >= 0.6 is 11.8 Å². The number of rotatable bonds is 5. The van der Waals surface area contributed by atoms with Gasteiger partial charge >= 0.3 is 0 Å². The zero-order chi connectivity index (χ0) is 16.4. The summed E-state index contributed by atoms with van der Waals surface area (Å²) in [5.74, 6) is 0.852. The number of benzene rings is 1. The third kappa shape index (κ3) is 3.02. The number of hydrogen-bond donors (Lipinski definition) is 1. The summed E-state index contributed by atoms with van der Waals surface area (Å²) in [4.78, 5) is 8.80. The van der Waals surface area contributed by atoms with Gasteiger partial charge in [0.25, 0.3) is 0 Å². The summed E-state index contributed by atoms with van der Waals surface area (Å²) in [6.45, 7) is 0.0445. The van der Waals surface area contributed by atoms with Crippen molar-refractivity contribution in [3.63, 3.8) is 0 Å². The first kappa shape index (κ1) is 15.6. The number of fused-ring (bicyclic) bond motifs is 1. The second-order valence-corrected chi connectivity index (χ2v) is 6.72. The van der Waals surface area contributed by atoms with Crippen LogP contribution in [0.5, 0.6) is 0 Å². The Bertz CT molecular complexity index is 824. The lowest BCUT2D eigenvalue weighted by Crippen LogP contribution is -2.15. The lowest BCUT2D eigenvalue weighted by Gasteiger charge is -2.13. The molecule has 0 aliphatic carbocycles. The van der Waals surface area contributed by atoms with Gasteiger partial charge in [-0.15, -0.1) is 11.8 Å². The van der Waals surface area contributed by atoms with Crippen LogP contribution in [0.1, 0.15) is 24.6 Å². The quantitative estimate of drug-likeness (QED) is 0.568. The van der Waals surface area contributed by atoms with Gasteiger partial charge in [0.15, 0.2) is 11.9 Å². The highest BCUT2D eigenvalue weighted by Gasteiger charge is 2.28. The highest BCUT2D eigenvalue weighted by molar-refractivity contribution is 7.98. The number of thioether (sulfide) groups is 1. The molecule has 1 aliphatic heterocycles. The molecule has 2 aromatic heterocycles. The number of aliphatic hydroxyl groups is 1. The van der Waals surface area contributed by atoms with Crippen LogP contribution in [0.4, 0.5) is 0 Å². The first-order chi connectivity index (χ1) is 11.8. The molecule has 1 N–H and O–H groups in total. The molecule has 1 fully saturated rings. The van der Waals surface area contributed by atoms with Crippen LogP contribution in [-0.2, 0) is 10.5 Å². The Morgan fingerprint density at radius 3 is 2.88 bits per heavy atom. The maximum atomic E-state index is 9.23. The highest BCUT2D eigenvalue weighted by Crippen LogP contribution is 2.32. The maximum Gasteiger partial charge on any atom is 0.164 e. The van der Waals surface area contributed by atoms with Gasteiger partial charge in [-0.3, -0.25) is 0 Å². The zero-order valence-electron chi connectivity index (χ0n) is 13.1. The van der Waals surface area contributed by atoms with E-state index in [-0.39, 0.29) is 18.9 Å². The second-order valence-electron chi connectivity index (χ2n) is 5.75. The van der Waals surface area contributed by atoms with E-state index >= 15 is 0 Å². The zero-order valence-corrected chi connectivity index (χ0v) is 13.9. The molecule has 0 bridgehead atoms. The molecule has 0 spiro atoms. The Kier molecular flexibility index (Phi) is 4.46. The van der Waals surface area contributed by atoms with Gasteiger partial charge in [0, 0.05) is 5.75 Å². The van der Waals surface area contributed by atoms with E-state index in [2.05, 4.69) is 27.2 Å². The minimum atomic E-state index is -0.165. The smallest absolute Gasteiger partial charge is 0.164 e. The van der Waals surface area contributed by atoms with E-state index in [1.54, 1.807) is 29.0 Å². The van der Waals surface area contributed by atoms with Crippen molar-refractivity contribution in [3.05, 3.63) is 48.4 Å². The Balaban J connectivity index is 1.57. The fraction of sp³-hybridized carbons (Fsp3) is 0.353. The molecule has 0 amide bonds. The molecular weight excluding hydrogens is 324 g/mol. The molecule has 0 radical (unpaired) electrons. The molecule has 3 aromatic rings. The minimum absolute atomic E-state index is 0.0445. The minimum Gasteiger partial charge on any atom is -0.394 e. The third-order valence-corrected chi connectivity index (χ3v) is 5.21. The standard InChI is InChI=1S/C17H18N4O2S/c22-9-13-6-7-15(23-13)21-16-14(8-20-21)17(19-11-18-16)24-10-12-4-2-1-3-5-12/h1-5,8,11,13,15,22H,6-7,9-10H2. The molecule has 3 heterocycles. The molecule has 24 heavy (non-hydrogen) atoms. The average molecular weight is 342 g/mol.